The second-order valence-corrected chi connectivity index (χ2v) is 10.1. The minimum absolute atomic E-state index is 0.0729. The number of likely N-dealkylation sites (N-methyl/N-ethyl adjacent to an activating group) is 1. The summed E-state index contributed by atoms with van der Waals surface area (Å²) in [6, 6.07) is 16.0. The van der Waals surface area contributed by atoms with E-state index in [0.29, 0.717) is 29.9 Å². The number of benzene rings is 1. The number of hydrogen-bond donors (Lipinski definition) is 0. The lowest BCUT2D eigenvalue weighted by molar-refractivity contribution is -0.130. The van der Waals surface area contributed by atoms with Gasteiger partial charge in [-0.05, 0) is 48.3 Å². The van der Waals surface area contributed by atoms with Crippen LogP contribution in [0.15, 0.2) is 71.5 Å². The van der Waals surface area contributed by atoms with E-state index in [0.717, 1.165) is 24.1 Å². The number of amides is 2. The van der Waals surface area contributed by atoms with Gasteiger partial charge in [0.15, 0.2) is 5.16 Å². The Hall–Kier alpha value is -2.71. The van der Waals surface area contributed by atoms with Gasteiger partial charge in [-0.1, -0.05) is 48.2 Å². The zero-order chi connectivity index (χ0) is 23.0. The molecule has 1 aliphatic heterocycles. The molecule has 0 aliphatic carbocycles. The van der Waals surface area contributed by atoms with E-state index in [1.54, 1.807) is 18.5 Å². The number of thiophene rings is 1. The van der Waals surface area contributed by atoms with E-state index in [9.17, 15) is 9.59 Å². The molecule has 1 atom stereocenters. The van der Waals surface area contributed by atoms with E-state index in [1.807, 2.05) is 52.6 Å². The molecule has 0 radical (unpaired) electrons. The fraction of sp³-hybridized carbons (Fsp3) is 0.360. The average molecular weight is 481 g/mol. The monoisotopic (exact) mass is 480 g/mol. The number of carbonyl (C=O) groups is 2. The normalized spacial score (nSPS) is 15.2. The standard InChI is InChI=1S/C25H28N4O2S2/c1-28(24(31)22-9-5-16-32-22)21(17-19-7-3-2-4-8-19)20-10-14-29(15-11-20)23(30)18-33-25-26-12-6-13-27-25/h2-9,12-13,16,20-21H,10-11,14-15,17-18H2,1H3/t21-/m0/s1. The Morgan fingerprint density at radius 1 is 1.09 bits per heavy atom. The molecule has 1 saturated heterocycles. The third-order valence-corrected chi connectivity index (χ3v) is 7.86. The summed E-state index contributed by atoms with van der Waals surface area (Å²) in [4.78, 5) is 38.8. The van der Waals surface area contributed by atoms with Crippen LogP contribution < -0.4 is 0 Å². The summed E-state index contributed by atoms with van der Waals surface area (Å²) in [5.41, 5.74) is 1.23. The Balaban J connectivity index is 1.39. The van der Waals surface area contributed by atoms with Crippen molar-refractivity contribution in [2.75, 3.05) is 25.9 Å². The molecule has 1 aromatic carbocycles. The Bertz CT molecular complexity index is 1020. The van der Waals surface area contributed by atoms with Crippen molar-refractivity contribution in [3.05, 3.63) is 76.7 Å². The van der Waals surface area contributed by atoms with Crippen LogP contribution in [0.25, 0.3) is 0 Å². The summed E-state index contributed by atoms with van der Waals surface area (Å²) in [6.45, 7) is 1.43. The highest BCUT2D eigenvalue weighted by atomic mass is 32.2. The first-order valence-electron chi connectivity index (χ1n) is 11.1. The van der Waals surface area contributed by atoms with Gasteiger partial charge >= 0.3 is 0 Å². The minimum atomic E-state index is 0.0729. The molecule has 8 heteroatoms. The molecule has 33 heavy (non-hydrogen) atoms. The molecular formula is C25H28N4O2S2. The van der Waals surface area contributed by atoms with Crippen LogP contribution in [0.2, 0.25) is 0 Å². The Morgan fingerprint density at radius 3 is 2.48 bits per heavy atom. The van der Waals surface area contributed by atoms with E-state index in [2.05, 4.69) is 22.1 Å². The molecule has 3 heterocycles. The van der Waals surface area contributed by atoms with Crippen LogP contribution in [-0.2, 0) is 11.2 Å². The molecule has 4 rings (SSSR count). The molecule has 3 aromatic rings. The lowest BCUT2D eigenvalue weighted by Crippen LogP contribution is -2.48. The molecule has 0 saturated carbocycles. The summed E-state index contributed by atoms with van der Waals surface area (Å²) in [6.07, 6.45) is 5.96. The number of carbonyl (C=O) groups excluding carboxylic acids is 2. The van der Waals surface area contributed by atoms with Gasteiger partial charge in [-0.2, -0.15) is 0 Å². The summed E-state index contributed by atoms with van der Waals surface area (Å²) in [5, 5.41) is 2.56. The first-order valence-corrected chi connectivity index (χ1v) is 13.0. The second-order valence-electron chi connectivity index (χ2n) is 8.19. The molecule has 1 fully saturated rings. The van der Waals surface area contributed by atoms with Crippen LogP contribution in [0.4, 0.5) is 0 Å². The van der Waals surface area contributed by atoms with Crippen molar-refractivity contribution in [3.63, 3.8) is 0 Å². The Kier molecular flexibility index (Phi) is 8.12. The molecule has 2 aromatic heterocycles. The van der Waals surface area contributed by atoms with E-state index < -0.39 is 0 Å². The van der Waals surface area contributed by atoms with Crippen LogP contribution in [0.3, 0.4) is 0 Å². The number of thioether (sulfide) groups is 1. The Labute approximate surface area is 203 Å². The maximum atomic E-state index is 13.1. The van der Waals surface area contributed by atoms with Crippen molar-refractivity contribution in [1.82, 2.24) is 19.8 Å². The van der Waals surface area contributed by atoms with Crippen LogP contribution in [0.1, 0.15) is 28.1 Å². The maximum absolute atomic E-state index is 13.1. The van der Waals surface area contributed by atoms with Crippen molar-refractivity contribution in [1.29, 1.82) is 0 Å². The van der Waals surface area contributed by atoms with Gasteiger partial charge in [0, 0.05) is 38.6 Å². The fourth-order valence-electron chi connectivity index (χ4n) is 4.31. The largest absolute Gasteiger partial charge is 0.342 e. The highest BCUT2D eigenvalue weighted by Gasteiger charge is 2.33. The van der Waals surface area contributed by atoms with Gasteiger partial charge in [-0.15, -0.1) is 11.3 Å². The third kappa shape index (κ3) is 6.21. The Morgan fingerprint density at radius 2 is 1.82 bits per heavy atom. The molecule has 0 spiro atoms. The van der Waals surface area contributed by atoms with Crippen LogP contribution in [0.5, 0.6) is 0 Å². The molecule has 0 bridgehead atoms. The molecule has 0 unspecified atom stereocenters. The van der Waals surface area contributed by atoms with E-state index >= 15 is 0 Å². The van der Waals surface area contributed by atoms with Gasteiger partial charge in [0.05, 0.1) is 10.6 Å². The van der Waals surface area contributed by atoms with E-state index in [4.69, 9.17) is 0 Å². The fourth-order valence-corrected chi connectivity index (χ4v) is 5.72. The van der Waals surface area contributed by atoms with Gasteiger partial charge in [-0.25, -0.2) is 9.97 Å². The summed E-state index contributed by atoms with van der Waals surface area (Å²) >= 11 is 2.85. The smallest absolute Gasteiger partial charge is 0.263 e. The van der Waals surface area contributed by atoms with E-state index in [-0.39, 0.29) is 17.9 Å². The van der Waals surface area contributed by atoms with Crippen molar-refractivity contribution >= 4 is 34.9 Å². The molecule has 2 amide bonds. The van der Waals surface area contributed by atoms with E-state index in [1.165, 1.54) is 28.7 Å². The minimum Gasteiger partial charge on any atom is -0.342 e. The van der Waals surface area contributed by atoms with Gasteiger partial charge in [0.1, 0.15) is 0 Å². The van der Waals surface area contributed by atoms with Crippen molar-refractivity contribution < 1.29 is 9.59 Å². The lowest BCUT2D eigenvalue weighted by atomic mass is 9.85. The topological polar surface area (TPSA) is 66.4 Å². The quantitative estimate of drug-likeness (QED) is 0.356. The van der Waals surface area contributed by atoms with Gasteiger partial charge in [0.2, 0.25) is 5.91 Å². The zero-order valence-electron chi connectivity index (χ0n) is 18.7. The molecular weight excluding hydrogens is 452 g/mol. The van der Waals surface area contributed by atoms with Gasteiger partial charge < -0.3 is 9.80 Å². The van der Waals surface area contributed by atoms with Crippen molar-refractivity contribution in [3.8, 4) is 0 Å². The molecule has 6 nitrogen and oxygen atoms in total. The summed E-state index contributed by atoms with van der Waals surface area (Å²) < 4.78 is 0. The lowest BCUT2D eigenvalue weighted by Gasteiger charge is -2.40. The van der Waals surface area contributed by atoms with Crippen LogP contribution in [-0.4, -0.2) is 63.5 Å². The number of likely N-dealkylation sites (tertiary alicyclic amines) is 1. The maximum Gasteiger partial charge on any atom is 0.263 e. The SMILES string of the molecule is CN(C(=O)c1cccs1)[C@@H](Cc1ccccc1)C1CCN(C(=O)CSc2ncccn2)CC1. The number of rotatable bonds is 8. The van der Waals surface area contributed by atoms with Crippen LogP contribution >= 0.6 is 23.1 Å². The van der Waals surface area contributed by atoms with Crippen molar-refractivity contribution in [2.24, 2.45) is 5.92 Å². The highest BCUT2D eigenvalue weighted by molar-refractivity contribution is 7.99. The second kappa shape index (κ2) is 11.4. The van der Waals surface area contributed by atoms with Gasteiger partial charge in [0.25, 0.3) is 5.91 Å². The predicted molar refractivity (Wildman–Crippen MR) is 132 cm³/mol. The average Bonchev–Trinajstić information content (AvgIpc) is 3.41. The molecule has 172 valence electrons. The number of piperidine rings is 1. The van der Waals surface area contributed by atoms with Gasteiger partial charge in [-0.3, -0.25) is 9.59 Å². The first kappa shape index (κ1) is 23.4. The summed E-state index contributed by atoms with van der Waals surface area (Å²) in [5.74, 6) is 0.879. The first-order chi connectivity index (χ1) is 16.1. The molecule has 1 aliphatic rings. The number of aromatic nitrogens is 2. The highest BCUT2D eigenvalue weighted by Crippen LogP contribution is 2.28. The van der Waals surface area contributed by atoms with Crippen LogP contribution in [0, 0.1) is 5.92 Å². The number of nitrogens with zero attached hydrogens (tertiary/aromatic N) is 4. The van der Waals surface area contributed by atoms with Crippen molar-refractivity contribution in [2.45, 2.75) is 30.5 Å². The summed E-state index contributed by atoms with van der Waals surface area (Å²) in [7, 11) is 1.92. The molecule has 0 N–H and O–H groups in total. The third-order valence-electron chi connectivity index (χ3n) is 6.14. The zero-order valence-corrected chi connectivity index (χ0v) is 20.3. The number of hydrogen-bond acceptors (Lipinski definition) is 6. The predicted octanol–water partition coefficient (Wildman–Crippen LogP) is 4.25.